The molecule has 0 aliphatic carbocycles. The van der Waals surface area contributed by atoms with Crippen LogP contribution < -0.4 is 4.74 Å². The Balaban J connectivity index is 2.29. The van der Waals surface area contributed by atoms with Crippen molar-refractivity contribution >= 4 is 11.6 Å². The summed E-state index contributed by atoms with van der Waals surface area (Å²) in [6.45, 7) is 1.32. The maximum Gasteiger partial charge on any atom is 0.370 e. The zero-order valence-corrected chi connectivity index (χ0v) is 11.8. The molecule has 0 atom stereocenters. The number of ketones is 1. The highest BCUT2D eigenvalue weighted by Gasteiger charge is 2.25. The summed E-state index contributed by atoms with van der Waals surface area (Å²) in [6.07, 6.45) is 0.553. The van der Waals surface area contributed by atoms with Crippen LogP contribution in [0.5, 0.6) is 5.75 Å². The monoisotopic (exact) mass is 304 g/mol. The van der Waals surface area contributed by atoms with Crippen LogP contribution in [0.15, 0.2) is 36.5 Å². The molecule has 0 saturated carbocycles. The smallest absolute Gasteiger partial charge is 0.370 e. The van der Waals surface area contributed by atoms with Gasteiger partial charge in [-0.2, -0.15) is 0 Å². The second-order valence-electron chi connectivity index (χ2n) is 4.65. The fourth-order valence-corrected chi connectivity index (χ4v) is 1.90. The van der Waals surface area contributed by atoms with Crippen LogP contribution in [0.25, 0.3) is 0 Å². The lowest BCUT2D eigenvalue weighted by molar-refractivity contribution is -0.390. The Morgan fingerprint density at radius 1 is 1.36 bits per heavy atom. The molecule has 6 nitrogen and oxygen atoms in total. The van der Waals surface area contributed by atoms with Gasteiger partial charge in [-0.05, 0) is 22.4 Å². The number of rotatable bonds is 6. The lowest BCUT2D eigenvalue weighted by atomic mass is 10.1. The van der Waals surface area contributed by atoms with Gasteiger partial charge >= 0.3 is 5.82 Å². The Morgan fingerprint density at radius 3 is 2.64 bits per heavy atom. The Labute approximate surface area is 125 Å². The fourth-order valence-electron chi connectivity index (χ4n) is 1.90. The second kappa shape index (κ2) is 6.75. The molecular weight excluding hydrogens is 291 g/mol. The SMILES string of the molecule is CC(=O)Cc1c([N+](=O)[O-])ncc(OCc2ccccc2)c1F. The zero-order valence-electron chi connectivity index (χ0n) is 11.8. The average Bonchev–Trinajstić information content (AvgIpc) is 2.48. The van der Waals surface area contributed by atoms with E-state index >= 15 is 0 Å². The molecule has 0 aliphatic heterocycles. The summed E-state index contributed by atoms with van der Waals surface area (Å²) in [5, 5.41) is 10.9. The van der Waals surface area contributed by atoms with Gasteiger partial charge in [0.05, 0.1) is 5.56 Å². The Hall–Kier alpha value is -2.83. The van der Waals surface area contributed by atoms with Gasteiger partial charge in [-0.3, -0.25) is 4.79 Å². The Kier molecular flexibility index (Phi) is 4.77. The van der Waals surface area contributed by atoms with Crippen molar-refractivity contribution in [2.24, 2.45) is 0 Å². The van der Waals surface area contributed by atoms with Crippen molar-refractivity contribution in [2.45, 2.75) is 20.0 Å². The van der Waals surface area contributed by atoms with Gasteiger partial charge in [-0.1, -0.05) is 30.3 Å². The van der Waals surface area contributed by atoms with Gasteiger partial charge in [0.1, 0.15) is 12.4 Å². The molecule has 1 heterocycles. The number of Topliss-reactive ketones (excluding diaryl/α,β-unsaturated/α-hetero) is 1. The summed E-state index contributed by atoms with van der Waals surface area (Å²) in [4.78, 5) is 24.8. The normalized spacial score (nSPS) is 10.3. The molecule has 2 rings (SSSR count). The van der Waals surface area contributed by atoms with Gasteiger partial charge in [0.15, 0.2) is 17.8 Å². The third-order valence-electron chi connectivity index (χ3n) is 2.89. The number of carbonyl (C=O) groups is 1. The van der Waals surface area contributed by atoms with E-state index in [4.69, 9.17) is 4.74 Å². The summed E-state index contributed by atoms with van der Waals surface area (Å²) in [7, 11) is 0. The molecule has 0 amide bonds. The number of carbonyl (C=O) groups excluding carboxylic acids is 1. The lowest BCUT2D eigenvalue weighted by Gasteiger charge is -2.08. The number of nitro groups is 1. The minimum Gasteiger partial charge on any atom is -0.482 e. The average molecular weight is 304 g/mol. The first-order valence-corrected chi connectivity index (χ1v) is 6.47. The highest BCUT2D eigenvalue weighted by molar-refractivity contribution is 5.79. The summed E-state index contributed by atoms with van der Waals surface area (Å²) < 4.78 is 19.6. The molecule has 0 saturated heterocycles. The molecule has 0 N–H and O–H groups in total. The van der Waals surface area contributed by atoms with Crippen molar-refractivity contribution in [1.82, 2.24) is 4.98 Å². The van der Waals surface area contributed by atoms with Gasteiger partial charge in [-0.15, -0.1) is 0 Å². The number of pyridine rings is 1. The van der Waals surface area contributed by atoms with Crippen LogP contribution in [-0.4, -0.2) is 15.7 Å². The third-order valence-corrected chi connectivity index (χ3v) is 2.89. The van der Waals surface area contributed by atoms with E-state index in [1.54, 1.807) is 12.1 Å². The van der Waals surface area contributed by atoms with Crippen LogP contribution >= 0.6 is 0 Å². The van der Waals surface area contributed by atoms with E-state index in [1.165, 1.54) is 6.92 Å². The molecule has 1 aromatic carbocycles. The second-order valence-corrected chi connectivity index (χ2v) is 4.65. The minimum atomic E-state index is -0.923. The lowest BCUT2D eigenvalue weighted by Crippen LogP contribution is -2.08. The molecule has 1 aromatic heterocycles. The van der Waals surface area contributed by atoms with E-state index in [0.29, 0.717) is 0 Å². The van der Waals surface area contributed by atoms with Crippen LogP contribution in [0.4, 0.5) is 10.2 Å². The highest BCUT2D eigenvalue weighted by atomic mass is 19.1. The fraction of sp³-hybridized carbons (Fsp3) is 0.200. The van der Waals surface area contributed by atoms with Crippen LogP contribution in [-0.2, 0) is 17.8 Å². The van der Waals surface area contributed by atoms with Gasteiger partial charge in [-0.25, -0.2) is 4.39 Å². The van der Waals surface area contributed by atoms with Crippen LogP contribution in [0, 0.1) is 15.9 Å². The number of ether oxygens (including phenoxy) is 1. The number of nitrogens with zero attached hydrogens (tertiary/aromatic N) is 2. The van der Waals surface area contributed by atoms with Gasteiger partial charge < -0.3 is 14.9 Å². The first-order valence-electron chi connectivity index (χ1n) is 6.47. The van der Waals surface area contributed by atoms with E-state index in [0.717, 1.165) is 11.8 Å². The van der Waals surface area contributed by atoms with E-state index in [-0.39, 0.29) is 17.9 Å². The molecule has 0 bridgehead atoms. The first kappa shape index (κ1) is 15.6. The first-order chi connectivity index (χ1) is 10.5. The van der Waals surface area contributed by atoms with Crippen molar-refractivity contribution in [1.29, 1.82) is 0 Å². The largest absolute Gasteiger partial charge is 0.482 e. The molecule has 22 heavy (non-hydrogen) atoms. The number of hydrogen-bond acceptors (Lipinski definition) is 5. The van der Waals surface area contributed by atoms with E-state index in [9.17, 15) is 19.3 Å². The van der Waals surface area contributed by atoms with E-state index in [2.05, 4.69) is 4.98 Å². The van der Waals surface area contributed by atoms with Gasteiger partial charge in [0.2, 0.25) is 0 Å². The predicted octanol–water partition coefficient (Wildman–Crippen LogP) is 2.84. The summed E-state index contributed by atoms with van der Waals surface area (Å²) in [6, 6.07) is 9.05. The summed E-state index contributed by atoms with van der Waals surface area (Å²) in [5.41, 5.74) is 0.455. The molecule has 0 unspecified atom stereocenters. The zero-order chi connectivity index (χ0) is 16.1. The van der Waals surface area contributed by atoms with Crippen molar-refractivity contribution < 1.29 is 18.8 Å². The van der Waals surface area contributed by atoms with Crippen molar-refractivity contribution in [3.8, 4) is 5.75 Å². The van der Waals surface area contributed by atoms with Crippen molar-refractivity contribution in [3.63, 3.8) is 0 Å². The highest BCUT2D eigenvalue weighted by Crippen LogP contribution is 2.27. The molecule has 2 aromatic rings. The van der Waals surface area contributed by atoms with Gasteiger partial charge in [0, 0.05) is 6.42 Å². The molecule has 0 fully saturated rings. The van der Waals surface area contributed by atoms with Crippen molar-refractivity contribution in [2.75, 3.05) is 0 Å². The van der Waals surface area contributed by atoms with Crippen LogP contribution in [0.2, 0.25) is 0 Å². The predicted molar refractivity (Wildman–Crippen MR) is 76.0 cm³/mol. The molecule has 0 radical (unpaired) electrons. The summed E-state index contributed by atoms with van der Waals surface area (Å²) in [5.74, 6) is -2.21. The maximum absolute atomic E-state index is 14.3. The number of aromatic nitrogens is 1. The molecule has 7 heteroatoms. The molecule has 0 spiro atoms. The van der Waals surface area contributed by atoms with Crippen molar-refractivity contribution in [3.05, 3.63) is 63.6 Å². The number of hydrogen-bond donors (Lipinski definition) is 0. The molecule has 0 aliphatic rings. The van der Waals surface area contributed by atoms with E-state index < -0.39 is 28.8 Å². The standard InChI is InChI=1S/C15H13FN2O4/c1-10(19)7-12-14(16)13(8-17-15(12)18(20)21)22-9-11-5-3-2-4-6-11/h2-6,8H,7,9H2,1H3. The Morgan fingerprint density at radius 2 is 2.05 bits per heavy atom. The topological polar surface area (TPSA) is 82.3 Å². The maximum atomic E-state index is 14.3. The van der Waals surface area contributed by atoms with Crippen LogP contribution in [0.1, 0.15) is 18.1 Å². The van der Waals surface area contributed by atoms with E-state index in [1.807, 2.05) is 18.2 Å². The summed E-state index contributed by atoms with van der Waals surface area (Å²) >= 11 is 0. The quantitative estimate of drug-likeness (QED) is 0.605. The molecule has 114 valence electrons. The van der Waals surface area contributed by atoms with Gasteiger partial charge in [0.25, 0.3) is 0 Å². The molecular formula is C15H13FN2O4. The third kappa shape index (κ3) is 3.63. The van der Waals surface area contributed by atoms with Crippen LogP contribution in [0.3, 0.4) is 0 Å². The number of benzene rings is 1. The number of halogens is 1. The minimum absolute atomic E-state index is 0.0940. The Bertz CT molecular complexity index is 704.